The summed E-state index contributed by atoms with van der Waals surface area (Å²) in [5.41, 5.74) is -0.541. The molecule has 2 N–H and O–H groups in total. The molecule has 10 heteroatoms. The number of rotatable bonds is 6. The normalized spacial score (nSPS) is 12.9. The Morgan fingerprint density at radius 1 is 1.55 bits per heavy atom. The lowest BCUT2D eigenvalue weighted by Crippen LogP contribution is -2.31. The van der Waals surface area contributed by atoms with Crippen LogP contribution in [-0.4, -0.2) is 31.0 Å². The Balaban J connectivity index is 3.01. The molecule has 0 amide bonds. The predicted molar refractivity (Wildman–Crippen MR) is 70.1 cm³/mol. The van der Waals surface area contributed by atoms with Crippen LogP contribution < -0.4 is 4.72 Å². The van der Waals surface area contributed by atoms with E-state index in [1.54, 1.807) is 0 Å². The average Bonchev–Trinajstić information content (AvgIpc) is 2.35. The van der Waals surface area contributed by atoms with Crippen LogP contribution in [0.5, 0.6) is 0 Å². The number of benzene rings is 1. The van der Waals surface area contributed by atoms with Crippen molar-refractivity contribution in [2.24, 2.45) is 5.92 Å². The van der Waals surface area contributed by atoms with Gasteiger partial charge in [-0.3, -0.25) is 14.9 Å². The minimum absolute atomic E-state index is 0.187. The summed E-state index contributed by atoms with van der Waals surface area (Å²) in [6.07, 6.45) is 0. The van der Waals surface area contributed by atoms with Gasteiger partial charge >= 0.3 is 5.97 Å². The lowest BCUT2D eigenvalue weighted by Gasteiger charge is -2.09. The second-order valence-corrected chi connectivity index (χ2v) is 6.14. The molecular weight excluding hydrogens is 312 g/mol. The summed E-state index contributed by atoms with van der Waals surface area (Å²) in [6, 6.07) is 3.01. The Morgan fingerprint density at radius 3 is 2.65 bits per heavy atom. The van der Waals surface area contributed by atoms with Crippen molar-refractivity contribution in [3.8, 4) is 0 Å². The highest BCUT2D eigenvalue weighted by molar-refractivity contribution is 7.89. The van der Waals surface area contributed by atoms with E-state index in [1.807, 2.05) is 0 Å². The molecule has 1 aromatic carbocycles. The first kappa shape index (κ1) is 16.3. The Bertz CT molecular complexity index is 645. The summed E-state index contributed by atoms with van der Waals surface area (Å²) in [5.74, 6) is -2.08. The summed E-state index contributed by atoms with van der Waals surface area (Å²) in [7, 11) is -4.04. The molecule has 0 heterocycles. The first-order valence-electron chi connectivity index (χ1n) is 5.31. The van der Waals surface area contributed by atoms with Gasteiger partial charge in [0, 0.05) is 12.6 Å². The predicted octanol–water partition coefficient (Wildman–Crippen LogP) is 1.25. The van der Waals surface area contributed by atoms with Crippen molar-refractivity contribution in [2.75, 3.05) is 6.54 Å². The number of hydrogen-bond donors (Lipinski definition) is 2. The number of nitrogens with one attached hydrogen (secondary N) is 1. The van der Waals surface area contributed by atoms with Crippen LogP contribution >= 0.6 is 11.6 Å². The molecule has 1 atom stereocenters. The van der Waals surface area contributed by atoms with E-state index in [0.29, 0.717) is 0 Å². The fourth-order valence-corrected chi connectivity index (χ4v) is 2.54. The van der Waals surface area contributed by atoms with E-state index in [1.165, 1.54) is 6.92 Å². The molecule has 20 heavy (non-hydrogen) atoms. The van der Waals surface area contributed by atoms with E-state index < -0.39 is 32.5 Å². The van der Waals surface area contributed by atoms with Crippen molar-refractivity contribution in [2.45, 2.75) is 11.8 Å². The van der Waals surface area contributed by atoms with Gasteiger partial charge in [0.05, 0.1) is 15.7 Å². The van der Waals surface area contributed by atoms with Gasteiger partial charge in [0.15, 0.2) is 0 Å². The van der Waals surface area contributed by atoms with Gasteiger partial charge in [-0.05, 0) is 12.1 Å². The van der Waals surface area contributed by atoms with Crippen molar-refractivity contribution in [1.29, 1.82) is 0 Å². The third-order valence-electron chi connectivity index (χ3n) is 2.43. The maximum Gasteiger partial charge on any atom is 0.307 e. The second-order valence-electron chi connectivity index (χ2n) is 3.96. The highest BCUT2D eigenvalue weighted by Gasteiger charge is 2.22. The number of nitro groups is 1. The summed E-state index contributed by atoms with van der Waals surface area (Å²) in [4.78, 5) is 20.1. The summed E-state index contributed by atoms with van der Waals surface area (Å²) in [6.45, 7) is 1.00. The zero-order valence-electron chi connectivity index (χ0n) is 10.2. The summed E-state index contributed by atoms with van der Waals surface area (Å²) >= 11 is 5.58. The molecular formula is C10H11ClN2O6S. The highest BCUT2D eigenvalue weighted by atomic mass is 35.5. The molecule has 0 saturated carbocycles. The molecule has 8 nitrogen and oxygen atoms in total. The van der Waals surface area contributed by atoms with E-state index >= 15 is 0 Å². The van der Waals surface area contributed by atoms with E-state index in [4.69, 9.17) is 16.7 Å². The first-order chi connectivity index (χ1) is 9.15. The molecule has 0 aliphatic carbocycles. The standard InChI is InChI=1S/C10H11ClN2O6S/c1-6(10(14)15)5-12-20(18,19)7-2-3-8(11)9(4-7)13(16)17/h2-4,6,12H,5H2,1H3,(H,14,15). The molecule has 0 bridgehead atoms. The molecule has 0 aromatic heterocycles. The topological polar surface area (TPSA) is 127 Å². The van der Waals surface area contributed by atoms with Gasteiger partial charge in [0.25, 0.3) is 5.69 Å². The summed E-state index contributed by atoms with van der Waals surface area (Å²) in [5, 5.41) is 19.2. The van der Waals surface area contributed by atoms with E-state index in [9.17, 15) is 23.3 Å². The number of carboxylic acids is 1. The van der Waals surface area contributed by atoms with Crippen molar-refractivity contribution in [3.63, 3.8) is 0 Å². The molecule has 0 aliphatic rings. The van der Waals surface area contributed by atoms with Crippen molar-refractivity contribution in [1.82, 2.24) is 4.72 Å². The van der Waals surface area contributed by atoms with Crippen molar-refractivity contribution >= 4 is 33.3 Å². The average molecular weight is 323 g/mol. The van der Waals surface area contributed by atoms with Gasteiger partial charge in [-0.25, -0.2) is 13.1 Å². The number of carboxylic acid groups (broad SMARTS) is 1. The Hall–Kier alpha value is -1.71. The van der Waals surface area contributed by atoms with E-state index in [0.717, 1.165) is 18.2 Å². The lowest BCUT2D eigenvalue weighted by molar-refractivity contribution is -0.384. The number of halogens is 1. The monoisotopic (exact) mass is 322 g/mol. The van der Waals surface area contributed by atoms with Gasteiger partial charge in [-0.2, -0.15) is 0 Å². The third kappa shape index (κ3) is 3.89. The van der Waals surface area contributed by atoms with Crippen molar-refractivity contribution in [3.05, 3.63) is 33.3 Å². The van der Waals surface area contributed by atoms with Crippen LogP contribution in [0.15, 0.2) is 23.1 Å². The number of carbonyl (C=O) groups is 1. The molecule has 1 unspecified atom stereocenters. The van der Waals surface area contributed by atoms with Gasteiger partial charge in [-0.15, -0.1) is 0 Å². The number of sulfonamides is 1. The lowest BCUT2D eigenvalue weighted by atomic mass is 10.2. The Morgan fingerprint density at radius 2 is 2.15 bits per heavy atom. The van der Waals surface area contributed by atoms with Gasteiger partial charge in [-0.1, -0.05) is 18.5 Å². The molecule has 0 aliphatic heterocycles. The third-order valence-corrected chi connectivity index (χ3v) is 4.17. The molecule has 0 fully saturated rings. The smallest absolute Gasteiger partial charge is 0.307 e. The Kier molecular flexibility index (Phi) is 5.03. The van der Waals surface area contributed by atoms with Gasteiger partial charge < -0.3 is 5.11 Å². The SMILES string of the molecule is CC(CNS(=O)(=O)c1ccc(Cl)c([N+](=O)[O-])c1)C(=O)O. The van der Waals surface area contributed by atoms with Crippen LogP contribution in [0.2, 0.25) is 5.02 Å². The number of aliphatic carboxylic acids is 1. The van der Waals surface area contributed by atoms with Crippen LogP contribution in [0.4, 0.5) is 5.69 Å². The van der Waals surface area contributed by atoms with Crippen LogP contribution in [0.25, 0.3) is 0 Å². The van der Waals surface area contributed by atoms with Crippen LogP contribution in [0, 0.1) is 16.0 Å². The highest BCUT2D eigenvalue weighted by Crippen LogP contribution is 2.26. The second kappa shape index (κ2) is 6.16. The number of nitrogens with zero attached hydrogens (tertiary/aromatic N) is 1. The Labute approximate surface area is 119 Å². The van der Waals surface area contributed by atoms with E-state index in [-0.39, 0.29) is 16.5 Å². The van der Waals surface area contributed by atoms with E-state index in [2.05, 4.69) is 4.72 Å². The first-order valence-corrected chi connectivity index (χ1v) is 7.17. The van der Waals surface area contributed by atoms with Crippen LogP contribution in [-0.2, 0) is 14.8 Å². The fourth-order valence-electron chi connectivity index (χ4n) is 1.20. The maximum absolute atomic E-state index is 11.9. The number of hydrogen-bond acceptors (Lipinski definition) is 5. The quantitative estimate of drug-likeness (QED) is 0.599. The van der Waals surface area contributed by atoms with Crippen LogP contribution in [0.3, 0.4) is 0 Å². The summed E-state index contributed by atoms with van der Waals surface area (Å²) < 4.78 is 25.8. The van der Waals surface area contributed by atoms with Crippen molar-refractivity contribution < 1.29 is 23.2 Å². The van der Waals surface area contributed by atoms with Gasteiger partial charge in [0.2, 0.25) is 10.0 Å². The number of nitro benzene ring substituents is 1. The molecule has 1 rings (SSSR count). The molecule has 1 aromatic rings. The largest absolute Gasteiger partial charge is 0.481 e. The minimum atomic E-state index is -4.04. The molecule has 0 spiro atoms. The van der Waals surface area contributed by atoms with Gasteiger partial charge in [0.1, 0.15) is 5.02 Å². The minimum Gasteiger partial charge on any atom is -0.481 e. The maximum atomic E-state index is 11.9. The zero-order chi connectivity index (χ0) is 15.5. The van der Waals surface area contributed by atoms with Crippen LogP contribution in [0.1, 0.15) is 6.92 Å². The fraction of sp³-hybridized carbons (Fsp3) is 0.300. The zero-order valence-corrected chi connectivity index (χ0v) is 11.8. The molecule has 0 radical (unpaired) electrons. The molecule has 0 saturated heterocycles. The molecule has 110 valence electrons.